The van der Waals surface area contributed by atoms with E-state index in [2.05, 4.69) is 20.8 Å². The first-order valence-electron chi connectivity index (χ1n) is 6.23. The van der Waals surface area contributed by atoms with Gasteiger partial charge in [-0.2, -0.15) is 0 Å². The highest BCUT2D eigenvalue weighted by atomic mass is 16.5. The van der Waals surface area contributed by atoms with E-state index in [1.807, 2.05) is 18.2 Å². The van der Waals surface area contributed by atoms with Gasteiger partial charge in [-0.05, 0) is 32.9 Å². The van der Waals surface area contributed by atoms with Crippen molar-refractivity contribution in [3.63, 3.8) is 0 Å². The quantitative estimate of drug-likeness (QED) is 0.413. The summed E-state index contributed by atoms with van der Waals surface area (Å²) in [4.78, 5) is 10.9. The van der Waals surface area contributed by atoms with Gasteiger partial charge in [0.2, 0.25) is 6.73 Å². The molecule has 0 radical (unpaired) electrons. The Kier molecular flexibility index (Phi) is 5.16. The highest BCUT2D eigenvalue weighted by molar-refractivity contribution is 5.79. The fraction of sp³-hybridized carbons (Fsp3) is 0.500. The molecule has 0 aliphatic heterocycles. The van der Waals surface area contributed by atoms with Crippen molar-refractivity contribution >= 4 is 6.29 Å². The van der Waals surface area contributed by atoms with Gasteiger partial charge in [-0.15, -0.1) is 0 Å². The van der Waals surface area contributed by atoms with Gasteiger partial charge in [-0.25, -0.2) is 0 Å². The molecule has 1 rings (SSSR count). The van der Waals surface area contributed by atoms with E-state index in [1.165, 1.54) is 0 Å². The van der Waals surface area contributed by atoms with Crippen LogP contribution in [0.1, 0.15) is 31.1 Å². The van der Waals surface area contributed by atoms with Crippen molar-refractivity contribution < 1.29 is 14.0 Å². The van der Waals surface area contributed by atoms with Gasteiger partial charge in [0.15, 0.2) is 6.29 Å². The lowest BCUT2D eigenvalue weighted by Gasteiger charge is -2.35. The van der Waals surface area contributed by atoms with E-state index in [0.717, 1.165) is 30.4 Å². The smallest absolute Gasteiger partial charge is 0.224 e. The van der Waals surface area contributed by atoms with E-state index in [-0.39, 0.29) is 0 Å². The molecule has 0 aromatic heterocycles. The Balaban J connectivity index is 2.75. The van der Waals surface area contributed by atoms with Crippen LogP contribution in [0.25, 0.3) is 0 Å². The number of hydrogen-bond donors (Lipinski definition) is 0. The van der Waals surface area contributed by atoms with Crippen molar-refractivity contribution in [3.05, 3.63) is 29.8 Å². The number of carbonyl (C=O) groups is 1. The van der Waals surface area contributed by atoms with Crippen LogP contribution in [0.5, 0.6) is 5.75 Å². The molecule has 0 saturated heterocycles. The number of para-hydroxylation sites is 1. The lowest BCUT2D eigenvalue weighted by molar-refractivity contribution is -0.937. The molecule has 0 N–H and O–H groups in total. The highest BCUT2D eigenvalue weighted by Gasteiger charge is 2.21. The van der Waals surface area contributed by atoms with Gasteiger partial charge in [0.1, 0.15) is 5.75 Å². The molecule has 17 heavy (non-hydrogen) atoms. The molecule has 0 bridgehead atoms. The SMILES string of the molecule is CC[N+](CC)(CC)COc1ccccc1C=O. The second kappa shape index (κ2) is 6.40. The van der Waals surface area contributed by atoms with Crippen LogP contribution in [0, 0.1) is 0 Å². The van der Waals surface area contributed by atoms with Crippen LogP contribution in [0.2, 0.25) is 0 Å². The Morgan fingerprint density at radius 1 is 1.12 bits per heavy atom. The minimum Gasteiger partial charge on any atom is -0.445 e. The molecule has 0 aliphatic rings. The van der Waals surface area contributed by atoms with Crippen LogP contribution in [-0.2, 0) is 0 Å². The summed E-state index contributed by atoms with van der Waals surface area (Å²) < 4.78 is 6.72. The molecule has 1 aromatic carbocycles. The Hall–Kier alpha value is -1.35. The summed E-state index contributed by atoms with van der Waals surface area (Å²) in [7, 11) is 0. The second-order valence-corrected chi connectivity index (χ2v) is 4.22. The second-order valence-electron chi connectivity index (χ2n) is 4.22. The molecule has 0 heterocycles. The van der Waals surface area contributed by atoms with Crippen LogP contribution in [-0.4, -0.2) is 37.1 Å². The van der Waals surface area contributed by atoms with Crippen molar-refractivity contribution in [2.45, 2.75) is 20.8 Å². The van der Waals surface area contributed by atoms with Gasteiger partial charge >= 0.3 is 0 Å². The van der Waals surface area contributed by atoms with E-state index in [9.17, 15) is 4.79 Å². The van der Waals surface area contributed by atoms with E-state index >= 15 is 0 Å². The number of rotatable bonds is 7. The molecule has 94 valence electrons. The predicted molar refractivity (Wildman–Crippen MR) is 69.2 cm³/mol. The summed E-state index contributed by atoms with van der Waals surface area (Å²) >= 11 is 0. The number of nitrogens with zero attached hydrogens (tertiary/aromatic N) is 1. The molecule has 0 aliphatic carbocycles. The predicted octanol–water partition coefficient (Wildman–Crippen LogP) is 2.71. The molecule has 0 unspecified atom stereocenters. The zero-order chi connectivity index (χ0) is 12.7. The molecule has 0 atom stereocenters. The molecule has 3 nitrogen and oxygen atoms in total. The number of aldehydes is 1. The van der Waals surface area contributed by atoms with Gasteiger partial charge in [0.25, 0.3) is 0 Å². The Bertz CT molecular complexity index is 351. The van der Waals surface area contributed by atoms with E-state index in [1.54, 1.807) is 6.07 Å². The van der Waals surface area contributed by atoms with Crippen molar-refractivity contribution in [1.29, 1.82) is 0 Å². The first-order chi connectivity index (χ1) is 8.21. The molecule has 1 aromatic rings. The fourth-order valence-corrected chi connectivity index (χ4v) is 1.86. The average Bonchev–Trinajstić information content (AvgIpc) is 2.41. The third-order valence-electron chi connectivity index (χ3n) is 3.55. The van der Waals surface area contributed by atoms with Gasteiger partial charge < -0.3 is 4.74 Å². The van der Waals surface area contributed by atoms with Gasteiger partial charge in [-0.1, -0.05) is 12.1 Å². The maximum atomic E-state index is 10.9. The summed E-state index contributed by atoms with van der Waals surface area (Å²) in [6.07, 6.45) is 0.841. The van der Waals surface area contributed by atoms with E-state index in [0.29, 0.717) is 18.0 Å². The Labute approximate surface area is 104 Å². The lowest BCUT2D eigenvalue weighted by atomic mass is 10.2. The van der Waals surface area contributed by atoms with Crippen LogP contribution < -0.4 is 4.74 Å². The summed E-state index contributed by atoms with van der Waals surface area (Å²) in [6.45, 7) is 10.2. The molecule has 0 fully saturated rings. The van der Waals surface area contributed by atoms with Crippen LogP contribution in [0.15, 0.2) is 24.3 Å². The summed E-state index contributed by atoms with van der Waals surface area (Å²) in [5.74, 6) is 0.681. The number of ether oxygens (including phenoxy) is 1. The Morgan fingerprint density at radius 2 is 1.71 bits per heavy atom. The molecular weight excluding hydrogens is 214 g/mol. The maximum Gasteiger partial charge on any atom is 0.224 e. The van der Waals surface area contributed by atoms with Gasteiger partial charge in [-0.3, -0.25) is 9.28 Å². The number of hydrogen-bond acceptors (Lipinski definition) is 2. The number of quaternary nitrogens is 1. The average molecular weight is 236 g/mol. The summed E-state index contributed by atoms with van der Waals surface area (Å²) in [5.41, 5.74) is 0.619. The standard InChI is InChI=1S/C14H22NO2/c1-4-15(5-2,6-3)12-17-14-10-8-7-9-13(14)11-16/h7-11H,4-6,12H2,1-3H3/q+1. The third-order valence-corrected chi connectivity index (χ3v) is 3.55. The van der Waals surface area contributed by atoms with Gasteiger partial charge in [0.05, 0.1) is 25.2 Å². The summed E-state index contributed by atoms with van der Waals surface area (Å²) in [6, 6.07) is 7.36. The number of carbonyl (C=O) groups excluding carboxylic acids is 1. The first-order valence-corrected chi connectivity index (χ1v) is 6.23. The topological polar surface area (TPSA) is 26.3 Å². The maximum absolute atomic E-state index is 10.9. The Morgan fingerprint density at radius 3 is 2.24 bits per heavy atom. The van der Waals surface area contributed by atoms with Crippen molar-refractivity contribution in [2.24, 2.45) is 0 Å². The molecule has 0 saturated carbocycles. The number of benzene rings is 1. The largest absolute Gasteiger partial charge is 0.445 e. The van der Waals surface area contributed by atoms with E-state index < -0.39 is 0 Å². The first kappa shape index (κ1) is 13.7. The zero-order valence-corrected chi connectivity index (χ0v) is 11.0. The highest BCUT2D eigenvalue weighted by Crippen LogP contribution is 2.17. The van der Waals surface area contributed by atoms with Crippen molar-refractivity contribution in [3.8, 4) is 5.75 Å². The lowest BCUT2D eigenvalue weighted by Crippen LogP contribution is -2.50. The molecule has 3 heteroatoms. The van der Waals surface area contributed by atoms with Crippen LogP contribution >= 0.6 is 0 Å². The van der Waals surface area contributed by atoms with Gasteiger partial charge in [0, 0.05) is 0 Å². The summed E-state index contributed by atoms with van der Waals surface area (Å²) in [5, 5.41) is 0. The molecular formula is C14H22NO2+. The minimum atomic E-state index is 0.619. The molecule has 0 spiro atoms. The van der Waals surface area contributed by atoms with Crippen molar-refractivity contribution in [2.75, 3.05) is 26.4 Å². The van der Waals surface area contributed by atoms with Crippen LogP contribution in [0.4, 0.5) is 0 Å². The van der Waals surface area contributed by atoms with Crippen molar-refractivity contribution in [1.82, 2.24) is 0 Å². The minimum absolute atomic E-state index is 0.619. The zero-order valence-electron chi connectivity index (χ0n) is 11.0. The molecule has 0 amide bonds. The normalized spacial score (nSPS) is 11.2. The fourth-order valence-electron chi connectivity index (χ4n) is 1.86. The van der Waals surface area contributed by atoms with E-state index in [4.69, 9.17) is 4.74 Å². The van der Waals surface area contributed by atoms with Crippen LogP contribution in [0.3, 0.4) is 0 Å². The third kappa shape index (κ3) is 3.30. The monoisotopic (exact) mass is 236 g/mol.